The first-order chi connectivity index (χ1) is 14.9. The van der Waals surface area contributed by atoms with Crippen molar-refractivity contribution >= 4 is 39.4 Å². The second kappa shape index (κ2) is 10.0. The molecule has 0 saturated heterocycles. The average molecular weight is 442 g/mol. The first-order valence-corrected chi connectivity index (χ1v) is 10.4. The third kappa shape index (κ3) is 5.58. The molecule has 0 bridgehead atoms. The summed E-state index contributed by atoms with van der Waals surface area (Å²) in [5.41, 5.74) is 2.04. The third-order valence-corrected chi connectivity index (χ3v) is 5.32. The summed E-state index contributed by atoms with van der Waals surface area (Å²) in [7, 11) is 1.29. The first kappa shape index (κ1) is 22.2. The molecule has 0 N–H and O–H groups in total. The van der Waals surface area contributed by atoms with Crippen LogP contribution in [0.2, 0.25) is 0 Å². The number of carbonyl (C=O) groups is 3. The number of fused-ring (bicyclic) bond motifs is 1. The summed E-state index contributed by atoms with van der Waals surface area (Å²) < 4.78 is 17.6. The fraction of sp³-hybridized carbons (Fsp3) is 0.273. The smallest absolute Gasteiger partial charge is 0.338 e. The van der Waals surface area contributed by atoms with Crippen LogP contribution in [-0.2, 0) is 25.6 Å². The van der Waals surface area contributed by atoms with Crippen molar-refractivity contribution in [3.8, 4) is 5.75 Å². The maximum absolute atomic E-state index is 12.4. The Kier molecular flexibility index (Phi) is 7.19. The number of methoxy groups -OCH3 is 1. The molecule has 1 amide bonds. The van der Waals surface area contributed by atoms with E-state index in [2.05, 4.69) is 4.99 Å². The van der Waals surface area contributed by atoms with Crippen LogP contribution in [-0.4, -0.2) is 42.7 Å². The van der Waals surface area contributed by atoms with Gasteiger partial charge in [0.1, 0.15) is 12.3 Å². The van der Waals surface area contributed by atoms with E-state index in [0.29, 0.717) is 26.3 Å². The highest BCUT2D eigenvalue weighted by atomic mass is 32.1. The van der Waals surface area contributed by atoms with Gasteiger partial charge in [-0.05, 0) is 49.7 Å². The van der Waals surface area contributed by atoms with E-state index in [1.165, 1.54) is 18.4 Å². The van der Waals surface area contributed by atoms with Crippen LogP contribution in [0.25, 0.3) is 10.2 Å². The molecule has 0 aliphatic heterocycles. The number of aromatic nitrogens is 1. The van der Waals surface area contributed by atoms with Crippen LogP contribution in [0.4, 0.5) is 0 Å². The number of aryl methyl sites for hydroxylation is 1. The molecule has 0 fully saturated rings. The number of esters is 2. The number of rotatable bonds is 7. The van der Waals surface area contributed by atoms with Gasteiger partial charge in [0.25, 0.3) is 5.91 Å². The number of nitrogens with zero attached hydrogens (tertiary/aromatic N) is 2. The molecule has 0 unspecified atom stereocenters. The lowest BCUT2D eigenvalue weighted by Crippen LogP contribution is -2.23. The molecular weight excluding hydrogens is 420 g/mol. The average Bonchev–Trinajstić information content (AvgIpc) is 3.08. The van der Waals surface area contributed by atoms with Crippen LogP contribution in [0.15, 0.2) is 47.5 Å². The highest BCUT2D eigenvalue weighted by molar-refractivity contribution is 7.16. The van der Waals surface area contributed by atoms with Crippen LogP contribution in [0, 0.1) is 6.92 Å². The molecule has 0 aliphatic carbocycles. The largest absolute Gasteiger partial charge is 0.484 e. The van der Waals surface area contributed by atoms with Crippen LogP contribution >= 0.6 is 11.3 Å². The number of hydrogen-bond donors (Lipinski definition) is 0. The zero-order chi connectivity index (χ0) is 22.4. The van der Waals surface area contributed by atoms with E-state index < -0.39 is 17.8 Å². The van der Waals surface area contributed by atoms with Gasteiger partial charge in [0, 0.05) is 0 Å². The number of amides is 1. The first-order valence-electron chi connectivity index (χ1n) is 9.55. The Balaban J connectivity index is 1.93. The summed E-state index contributed by atoms with van der Waals surface area (Å²) in [5, 5.41) is 0. The molecule has 31 heavy (non-hydrogen) atoms. The molecule has 0 atom stereocenters. The van der Waals surface area contributed by atoms with Crippen molar-refractivity contribution in [2.75, 3.05) is 20.3 Å². The lowest BCUT2D eigenvalue weighted by molar-refractivity contribution is -0.141. The van der Waals surface area contributed by atoms with Crippen molar-refractivity contribution in [1.29, 1.82) is 0 Å². The molecule has 0 spiro atoms. The predicted octanol–water partition coefficient (Wildman–Crippen LogP) is 2.87. The molecule has 2 aromatic carbocycles. The fourth-order valence-electron chi connectivity index (χ4n) is 2.84. The van der Waals surface area contributed by atoms with E-state index in [1.807, 2.05) is 25.1 Å². The van der Waals surface area contributed by atoms with Crippen LogP contribution in [0.3, 0.4) is 0 Å². The number of benzene rings is 2. The molecule has 0 aliphatic rings. The summed E-state index contributed by atoms with van der Waals surface area (Å²) >= 11 is 1.18. The normalized spacial score (nSPS) is 11.4. The Morgan fingerprint density at radius 1 is 1.13 bits per heavy atom. The van der Waals surface area contributed by atoms with Gasteiger partial charge in [0.15, 0.2) is 11.4 Å². The number of thiazole rings is 1. The summed E-state index contributed by atoms with van der Waals surface area (Å²) in [6, 6.07) is 12.3. The maximum atomic E-state index is 12.4. The van der Waals surface area contributed by atoms with Crippen LogP contribution in [0.5, 0.6) is 5.75 Å². The monoisotopic (exact) mass is 442 g/mol. The lowest BCUT2D eigenvalue weighted by atomic mass is 10.2. The Hall–Kier alpha value is -3.46. The second-order valence-electron chi connectivity index (χ2n) is 6.56. The Morgan fingerprint density at radius 3 is 2.65 bits per heavy atom. The molecule has 8 nitrogen and oxygen atoms in total. The molecule has 1 aromatic heterocycles. The summed E-state index contributed by atoms with van der Waals surface area (Å²) in [6.45, 7) is 3.55. The molecular formula is C22H22N2O6S. The van der Waals surface area contributed by atoms with Gasteiger partial charge in [0.2, 0.25) is 0 Å². The topological polar surface area (TPSA) is 96.2 Å². The van der Waals surface area contributed by atoms with Crippen molar-refractivity contribution in [2.45, 2.75) is 20.4 Å². The van der Waals surface area contributed by atoms with E-state index in [0.717, 1.165) is 5.56 Å². The van der Waals surface area contributed by atoms with E-state index in [-0.39, 0.29) is 19.8 Å². The van der Waals surface area contributed by atoms with Gasteiger partial charge in [-0.3, -0.25) is 9.59 Å². The standard InChI is InChI=1S/C22H22N2O6S/c1-4-29-21(27)15-8-9-17-18(11-15)31-22(24(17)12-20(26)28-3)23-19(25)13-30-16-7-5-6-14(2)10-16/h5-11H,4,12-13H2,1-3H3. The van der Waals surface area contributed by atoms with E-state index >= 15 is 0 Å². The minimum atomic E-state index is -0.503. The lowest BCUT2D eigenvalue weighted by Gasteiger charge is -2.05. The van der Waals surface area contributed by atoms with Gasteiger partial charge >= 0.3 is 11.9 Å². The van der Waals surface area contributed by atoms with E-state index in [4.69, 9.17) is 14.2 Å². The van der Waals surface area contributed by atoms with Crippen molar-refractivity contribution in [3.05, 3.63) is 58.4 Å². The molecule has 3 rings (SSSR count). The van der Waals surface area contributed by atoms with Crippen molar-refractivity contribution < 1.29 is 28.6 Å². The van der Waals surface area contributed by atoms with Crippen LogP contribution < -0.4 is 9.54 Å². The van der Waals surface area contributed by atoms with Crippen molar-refractivity contribution in [1.82, 2.24) is 4.57 Å². The maximum Gasteiger partial charge on any atom is 0.338 e. The fourth-order valence-corrected chi connectivity index (χ4v) is 3.92. The molecule has 9 heteroatoms. The minimum Gasteiger partial charge on any atom is -0.484 e. The minimum absolute atomic E-state index is 0.125. The quantitative estimate of drug-likeness (QED) is 0.522. The van der Waals surface area contributed by atoms with Gasteiger partial charge in [-0.25, -0.2) is 4.79 Å². The van der Waals surface area contributed by atoms with E-state index in [1.54, 1.807) is 35.8 Å². The third-order valence-electron chi connectivity index (χ3n) is 4.28. The van der Waals surface area contributed by atoms with Gasteiger partial charge in [-0.2, -0.15) is 4.99 Å². The highest BCUT2D eigenvalue weighted by Gasteiger charge is 2.15. The summed E-state index contributed by atoms with van der Waals surface area (Å²) in [6.07, 6.45) is 0. The predicted molar refractivity (Wildman–Crippen MR) is 115 cm³/mol. The summed E-state index contributed by atoms with van der Waals surface area (Å²) in [4.78, 5) is 40.8. The van der Waals surface area contributed by atoms with E-state index in [9.17, 15) is 14.4 Å². The van der Waals surface area contributed by atoms with Crippen molar-refractivity contribution in [2.24, 2.45) is 4.99 Å². The molecule has 0 radical (unpaired) electrons. The van der Waals surface area contributed by atoms with Crippen molar-refractivity contribution in [3.63, 3.8) is 0 Å². The van der Waals surface area contributed by atoms with Gasteiger partial charge < -0.3 is 18.8 Å². The molecule has 1 heterocycles. The SMILES string of the molecule is CCOC(=O)c1ccc2c(c1)sc(=NC(=O)COc1cccc(C)c1)n2CC(=O)OC. The zero-order valence-electron chi connectivity index (χ0n) is 17.4. The number of carbonyl (C=O) groups excluding carboxylic acids is 3. The highest BCUT2D eigenvalue weighted by Crippen LogP contribution is 2.20. The molecule has 162 valence electrons. The molecule has 3 aromatic rings. The molecule has 0 saturated carbocycles. The Bertz CT molecular complexity index is 1190. The summed E-state index contributed by atoms with van der Waals surface area (Å²) in [5.74, 6) is -0.865. The van der Waals surface area contributed by atoms with Gasteiger partial charge in [0.05, 0.1) is 29.5 Å². The van der Waals surface area contributed by atoms with Gasteiger partial charge in [-0.15, -0.1) is 0 Å². The van der Waals surface area contributed by atoms with Gasteiger partial charge in [-0.1, -0.05) is 23.5 Å². The Labute approximate surface area is 182 Å². The number of hydrogen-bond acceptors (Lipinski definition) is 7. The zero-order valence-corrected chi connectivity index (χ0v) is 18.2. The number of ether oxygens (including phenoxy) is 3. The Morgan fingerprint density at radius 2 is 1.94 bits per heavy atom. The van der Waals surface area contributed by atoms with Crippen LogP contribution in [0.1, 0.15) is 22.8 Å². The second-order valence-corrected chi connectivity index (χ2v) is 7.57.